The number of hydrogen-bond acceptors (Lipinski definition) is 2. The monoisotopic (exact) mass is 316 g/mol. The average molecular weight is 317 g/mol. The first-order valence-electron chi connectivity index (χ1n) is 6.95. The maximum atomic E-state index is 12.6. The van der Waals surface area contributed by atoms with Crippen molar-refractivity contribution in [3.05, 3.63) is 46.4 Å². The van der Waals surface area contributed by atoms with Crippen LogP contribution in [0, 0.1) is 13.8 Å². The Kier molecular flexibility index (Phi) is 3.45. The Morgan fingerprint density at radius 1 is 1.23 bits per heavy atom. The molecule has 0 saturated carbocycles. The molecule has 3 aromatic rings. The van der Waals surface area contributed by atoms with Crippen molar-refractivity contribution in [2.75, 3.05) is 5.32 Å². The van der Waals surface area contributed by atoms with E-state index in [1.165, 1.54) is 0 Å². The maximum Gasteiger partial charge on any atom is 0.272 e. The Hall–Kier alpha value is -2.27. The summed E-state index contributed by atoms with van der Waals surface area (Å²) in [5, 5.41) is 8.90. The molecule has 0 radical (unpaired) electrons. The van der Waals surface area contributed by atoms with Crippen LogP contribution >= 0.6 is 11.6 Å². The van der Waals surface area contributed by atoms with Crippen LogP contribution < -0.4 is 5.32 Å². The van der Waals surface area contributed by atoms with Crippen molar-refractivity contribution >= 4 is 34.1 Å². The minimum atomic E-state index is -0.158. The Morgan fingerprint density at radius 2 is 1.95 bits per heavy atom. The fourth-order valence-electron chi connectivity index (χ4n) is 2.65. The van der Waals surface area contributed by atoms with Gasteiger partial charge in [0.1, 0.15) is 5.69 Å². The number of amides is 1. The van der Waals surface area contributed by atoms with Crippen LogP contribution in [-0.2, 0) is 14.1 Å². The Bertz CT molecular complexity index is 891. The van der Waals surface area contributed by atoms with Crippen LogP contribution in [0.2, 0.25) is 5.02 Å². The Morgan fingerprint density at radius 3 is 2.59 bits per heavy atom. The van der Waals surface area contributed by atoms with Gasteiger partial charge in [0, 0.05) is 30.0 Å². The number of benzene rings is 1. The van der Waals surface area contributed by atoms with E-state index in [-0.39, 0.29) is 5.91 Å². The third kappa shape index (κ3) is 2.27. The van der Waals surface area contributed by atoms with Crippen LogP contribution in [0.1, 0.15) is 21.9 Å². The number of nitrogens with one attached hydrogen (secondary N) is 1. The number of aromatic nitrogens is 3. The smallest absolute Gasteiger partial charge is 0.272 e. The van der Waals surface area contributed by atoms with Crippen molar-refractivity contribution in [3.63, 3.8) is 0 Å². The predicted octanol–water partition coefficient (Wildman–Crippen LogP) is 3.43. The van der Waals surface area contributed by atoms with E-state index in [0.717, 1.165) is 28.0 Å². The molecule has 0 atom stereocenters. The van der Waals surface area contributed by atoms with Crippen molar-refractivity contribution in [1.82, 2.24) is 14.3 Å². The predicted molar refractivity (Wildman–Crippen MR) is 88.6 cm³/mol. The average Bonchev–Trinajstić information content (AvgIpc) is 2.91. The molecule has 0 saturated heterocycles. The lowest BCUT2D eigenvalue weighted by Gasteiger charge is -2.07. The van der Waals surface area contributed by atoms with Gasteiger partial charge in [0.25, 0.3) is 5.91 Å². The molecule has 1 amide bonds. The highest BCUT2D eigenvalue weighted by Crippen LogP contribution is 2.24. The number of halogens is 1. The third-order valence-electron chi connectivity index (χ3n) is 3.99. The molecular weight excluding hydrogens is 300 g/mol. The van der Waals surface area contributed by atoms with Gasteiger partial charge in [-0.1, -0.05) is 17.7 Å². The summed E-state index contributed by atoms with van der Waals surface area (Å²) < 4.78 is 3.60. The number of carbonyl (C=O) groups excluding carboxylic acids is 1. The third-order valence-corrected chi connectivity index (χ3v) is 4.22. The number of fused-ring (bicyclic) bond motifs is 1. The highest BCUT2D eigenvalue weighted by atomic mass is 35.5. The van der Waals surface area contributed by atoms with Gasteiger partial charge in [-0.05, 0) is 32.0 Å². The number of carbonyl (C=O) groups is 1. The molecule has 0 aliphatic rings. The minimum Gasteiger partial charge on any atom is -0.340 e. The zero-order chi connectivity index (χ0) is 16.0. The molecule has 2 heterocycles. The molecule has 0 aliphatic carbocycles. The second kappa shape index (κ2) is 5.18. The van der Waals surface area contributed by atoms with Crippen molar-refractivity contribution in [1.29, 1.82) is 0 Å². The second-order valence-corrected chi connectivity index (χ2v) is 5.85. The zero-order valence-electron chi connectivity index (χ0n) is 12.9. The Labute approximate surface area is 133 Å². The molecule has 0 spiro atoms. The molecule has 6 heteroatoms. The van der Waals surface area contributed by atoms with Crippen LogP contribution in [0.5, 0.6) is 0 Å². The van der Waals surface area contributed by atoms with Gasteiger partial charge >= 0.3 is 0 Å². The molecule has 0 fully saturated rings. The van der Waals surface area contributed by atoms with E-state index in [9.17, 15) is 4.79 Å². The van der Waals surface area contributed by atoms with E-state index in [1.807, 2.05) is 56.8 Å². The maximum absolute atomic E-state index is 12.6. The molecule has 22 heavy (non-hydrogen) atoms. The van der Waals surface area contributed by atoms with Crippen molar-refractivity contribution in [3.8, 4) is 0 Å². The number of anilines is 1. The van der Waals surface area contributed by atoms with Crippen LogP contribution in [0.15, 0.2) is 24.3 Å². The highest BCUT2D eigenvalue weighted by molar-refractivity contribution is 6.31. The van der Waals surface area contributed by atoms with Crippen LogP contribution in [-0.4, -0.2) is 20.3 Å². The summed E-state index contributed by atoms with van der Waals surface area (Å²) in [6.07, 6.45) is 0. The SMILES string of the molecule is Cc1nn(C)c(C)c1NC(=O)c1cc2ccc(Cl)cc2n1C. The van der Waals surface area contributed by atoms with Gasteiger partial charge in [0.2, 0.25) is 0 Å². The number of aryl methyl sites for hydroxylation is 3. The fourth-order valence-corrected chi connectivity index (χ4v) is 2.82. The molecule has 1 aromatic carbocycles. The second-order valence-electron chi connectivity index (χ2n) is 5.42. The van der Waals surface area contributed by atoms with Gasteiger partial charge in [0.15, 0.2) is 0 Å². The topological polar surface area (TPSA) is 51.9 Å². The van der Waals surface area contributed by atoms with Crippen molar-refractivity contribution in [2.24, 2.45) is 14.1 Å². The van der Waals surface area contributed by atoms with Gasteiger partial charge in [0.05, 0.1) is 17.1 Å². The molecule has 0 unspecified atom stereocenters. The fraction of sp³-hybridized carbons (Fsp3) is 0.250. The molecule has 114 valence electrons. The van der Waals surface area contributed by atoms with Crippen LogP contribution in [0.25, 0.3) is 10.9 Å². The lowest BCUT2D eigenvalue weighted by atomic mass is 10.2. The summed E-state index contributed by atoms with van der Waals surface area (Å²) in [4.78, 5) is 12.6. The summed E-state index contributed by atoms with van der Waals surface area (Å²) in [5.41, 5.74) is 4.00. The summed E-state index contributed by atoms with van der Waals surface area (Å²) >= 11 is 6.03. The van der Waals surface area contributed by atoms with Gasteiger partial charge in [-0.2, -0.15) is 5.10 Å². The van der Waals surface area contributed by atoms with Gasteiger partial charge in [-0.3, -0.25) is 9.48 Å². The first-order chi connectivity index (χ1) is 10.4. The van der Waals surface area contributed by atoms with Gasteiger partial charge in [-0.25, -0.2) is 0 Å². The first-order valence-corrected chi connectivity index (χ1v) is 7.33. The lowest BCUT2D eigenvalue weighted by molar-refractivity contribution is 0.101. The summed E-state index contributed by atoms with van der Waals surface area (Å²) in [6, 6.07) is 7.45. The number of hydrogen-bond donors (Lipinski definition) is 1. The molecule has 5 nitrogen and oxygen atoms in total. The van der Waals surface area contributed by atoms with Gasteiger partial charge in [-0.15, -0.1) is 0 Å². The number of nitrogens with zero attached hydrogens (tertiary/aromatic N) is 3. The first kappa shape index (κ1) is 14.7. The molecule has 0 bridgehead atoms. The van der Waals surface area contributed by atoms with Crippen LogP contribution in [0.3, 0.4) is 0 Å². The zero-order valence-corrected chi connectivity index (χ0v) is 13.7. The minimum absolute atomic E-state index is 0.158. The van der Waals surface area contributed by atoms with E-state index in [2.05, 4.69) is 10.4 Å². The van der Waals surface area contributed by atoms with E-state index in [0.29, 0.717) is 10.7 Å². The van der Waals surface area contributed by atoms with E-state index < -0.39 is 0 Å². The summed E-state index contributed by atoms with van der Waals surface area (Å²) in [7, 11) is 3.72. The standard InChI is InChI=1S/C16H17ClN4O/c1-9-15(10(2)21(4)19-9)18-16(22)14-7-11-5-6-12(17)8-13(11)20(14)3/h5-8H,1-4H3,(H,18,22). The lowest BCUT2D eigenvalue weighted by Crippen LogP contribution is -2.16. The highest BCUT2D eigenvalue weighted by Gasteiger charge is 2.17. The Balaban J connectivity index is 2.00. The largest absolute Gasteiger partial charge is 0.340 e. The van der Waals surface area contributed by atoms with Gasteiger partial charge < -0.3 is 9.88 Å². The van der Waals surface area contributed by atoms with Crippen LogP contribution in [0.4, 0.5) is 5.69 Å². The normalized spacial score (nSPS) is 11.1. The van der Waals surface area contributed by atoms with Crippen molar-refractivity contribution < 1.29 is 4.79 Å². The quantitative estimate of drug-likeness (QED) is 0.787. The summed E-state index contributed by atoms with van der Waals surface area (Å²) in [6.45, 7) is 3.81. The molecule has 2 aromatic heterocycles. The van der Waals surface area contributed by atoms with E-state index in [1.54, 1.807) is 4.68 Å². The van der Waals surface area contributed by atoms with E-state index >= 15 is 0 Å². The van der Waals surface area contributed by atoms with E-state index in [4.69, 9.17) is 11.6 Å². The molecule has 1 N–H and O–H groups in total. The molecule has 0 aliphatic heterocycles. The molecule has 3 rings (SSSR count). The number of rotatable bonds is 2. The summed E-state index contributed by atoms with van der Waals surface area (Å²) in [5.74, 6) is -0.158. The molecular formula is C16H17ClN4O. The van der Waals surface area contributed by atoms with Crippen molar-refractivity contribution in [2.45, 2.75) is 13.8 Å².